The third-order valence-electron chi connectivity index (χ3n) is 4.08. The molecule has 6 nitrogen and oxygen atoms in total. The number of aliphatic hydroxyl groups excluding tert-OH is 1. The number of benzene rings is 1. The number of ether oxygens (including phenoxy) is 1. The second kappa shape index (κ2) is 9.62. The lowest BCUT2D eigenvalue weighted by molar-refractivity contribution is -0.122. The van der Waals surface area contributed by atoms with Crippen LogP contribution in [0.2, 0.25) is 0 Å². The molecule has 1 aliphatic heterocycles. The molecule has 0 aromatic heterocycles. The van der Waals surface area contributed by atoms with Crippen LogP contribution in [0, 0.1) is 0 Å². The largest absolute Gasteiger partial charge is 0.387 e. The van der Waals surface area contributed by atoms with E-state index in [1.54, 1.807) is 7.11 Å². The van der Waals surface area contributed by atoms with Crippen LogP contribution in [0.15, 0.2) is 30.3 Å². The van der Waals surface area contributed by atoms with Gasteiger partial charge in [-0.1, -0.05) is 30.3 Å². The van der Waals surface area contributed by atoms with E-state index in [2.05, 4.69) is 15.1 Å². The van der Waals surface area contributed by atoms with Gasteiger partial charge in [-0.05, 0) is 5.56 Å². The van der Waals surface area contributed by atoms with E-state index in [1.165, 1.54) is 0 Å². The smallest absolute Gasteiger partial charge is 0.234 e. The number of aliphatic hydroxyl groups is 1. The Bertz CT molecular complexity index is 461. The van der Waals surface area contributed by atoms with Gasteiger partial charge >= 0.3 is 0 Å². The predicted octanol–water partition coefficient (Wildman–Crippen LogP) is 0.100. The fraction of sp³-hybridized carbons (Fsp3) is 0.588. The third kappa shape index (κ3) is 6.27. The van der Waals surface area contributed by atoms with Gasteiger partial charge in [-0.25, -0.2) is 0 Å². The first-order chi connectivity index (χ1) is 11.2. The number of piperazine rings is 1. The van der Waals surface area contributed by atoms with E-state index in [0.29, 0.717) is 26.2 Å². The number of hydrogen-bond acceptors (Lipinski definition) is 5. The number of amides is 1. The molecule has 128 valence electrons. The number of rotatable bonds is 8. The van der Waals surface area contributed by atoms with Crippen molar-refractivity contribution < 1.29 is 14.6 Å². The SMILES string of the molecule is COCCNC(=O)CN1CCN(C[C@@H](O)c2ccccc2)CC1. The summed E-state index contributed by atoms with van der Waals surface area (Å²) in [6.07, 6.45) is -0.458. The maximum absolute atomic E-state index is 11.8. The van der Waals surface area contributed by atoms with Crippen LogP contribution in [0.4, 0.5) is 0 Å². The Kier molecular flexibility index (Phi) is 7.48. The van der Waals surface area contributed by atoms with E-state index >= 15 is 0 Å². The number of nitrogens with one attached hydrogen (secondary N) is 1. The second-order valence-electron chi connectivity index (χ2n) is 5.85. The van der Waals surface area contributed by atoms with E-state index in [0.717, 1.165) is 31.7 Å². The molecule has 23 heavy (non-hydrogen) atoms. The normalized spacial score (nSPS) is 17.8. The van der Waals surface area contributed by atoms with Crippen LogP contribution in [0.3, 0.4) is 0 Å². The average molecular weight is 321 g/mol. The van der Waals surface area contributed by atoms with Crippen LogP contribution >= 0.6 is 0 Å². The zero-order chi connectivity index (χ0) is 16.5. The number of hydrogen-bond donors (Lipinski definition) is 2. The van der Waals surface area contributed by atoms with Gasteiger partial charge in [0.15, 0.2) is 0 Å². The van der Waals surface area contributed by atoms with Crippen molar-refractivity contribution >= 4 is 5.91 Å². The highest BCUT2D eigenvalue weighted by molar-refractivity contribution is 5.77. The number of carbonyl (C=O) groups is 1. The van der Waals surface area contributed by atoms with Crippen molar-refractivity contribution in [2.45, 2.75) is 6.10 Å². The fourth-order valence-electron chi connectivity index (χ4n) is 2.71. The minimum atomic E-state index is -0.458. The minimum Gasteiger partial charge on any atom is -0.387 e. The summed E-state index contributed by atoms with van der Waals surface area (Å²) >= 11 is 0. The summed E-state index contributed by atoms with van der Waals surface area (Å²) in [6, 6.07) is 9.74. The summed E-state index contributed by atoms with van der Waals surface area (Å²) in [7, 11) is 1.62. The average Bonchev–Trinajstić information content (AvgIpc) is 2.57. The Hall–Kier alpha value is -1.47. The summed E-state index contributed by atoms with van der Waals surface area (Å²) in [5.74, 6) is 0.0415. The summed E-state index contributed by atoms with van der Waals surface area (Å²) in [5, 5.41) is 13.1. The quantitative estimate of drug-likeness (QED) is 0.665. The highest BCUT2D eigenvalue weighted by atomic mass is 16.5. The van der Waals surface area contributed by atoms with Crippen LogP contribution < -0.4 is 5.32 Å². The van der Waals surface area contributed by atoms with Gasteiger partial charge in [-0.2, -0.15) is 0 Å². The molecule has 1 heterocycles. The fourth-order valence-corrected chi connectivity index (χ4v) is 2.71. The number of nitrogens with zero attached hydrogens (tertiary/aromatic N) is 2. The molecule has 1 atom stereocenters. The molecule has 2 rings (SSSR count). The molecule has 0 spiro atoms. The lowest BCUT2D eigenvalue weighted by Crippen LogP contribution is -2.50. The summed E-state index contributed by atoms with van der Waals surface area (Å²) in [5.41, 5.74) is 0.951. The number of β-amino-alcohol motifs (C(OH)–C–C–N with tert-alkyl or cyclic N) is 1. The lowest BCUT2D eigenvalue weighted by Gasteiger charge is -2.35. The standard InChI is InChI=1S/C17H27N3O3/c1-23-12-7-18-17(22)14-20-10-8-19(9-11-20)13-16(21)15-5-3-2-4-6-15/h2-6,16,21H,7-14H2,1H3,(H,18,22)/t16-/m1/s1. The predicted molar refractivity (Wildman–Crippen MR) is 89.2 cm³/mol. The Balaban J connectivity index is 1.66. The Morgan fingerprint density at radius 1 is 1.22 bits per heavy atom. The minimum absolute atomic E-state index is 0.0415. The molecule has 0 bridgehead atoms. The molecule has 2 N–H and O–H groups in total. The molecule has 1 fully saturated rings. The van der Waals surface area contributed by atoms with Gasteiger partial charge in [0.1, 0.15) is 0 Å². The molecule has 1 aromatic carbocycles. The van der Waals surface area contributed by atoms with E-state index in [9.17, 15) is 9.90 Å². The van der Waals surface area contributed by atoms with E-state index in [1.807, 2.05) is 30.3 Å². The van der Waals surface area contributed by atoms with Gasteiger partial charge in [-0.3, -0.25) is 14.6 Å². The van der Waals surface area contributed by atoms with Crippen molar-refractivity contribution in [1.29, 1.82) is 0 Å². The van der Waals surface area contributed by atoms with E-state index in [-0.39, 0.29) is 5.91 Å². The van der Waals surface area contributed by atoms with Crippen molar-refractivity contribution in [1.82, 2.24) is 15.1 Å². The van der Waals surface area contributed by atoms with Crippen LogP contribution in [-0.2, 0) is 9.53 Å². The highest BCUT2D eigenvalue weighted by Gasteiger charge is 2.21. The highest BCUT2D eigenvalue weighted by Crippen LogP contribution is 2.14. The van der Waals surface area contributed by atoms with Crippen molar-refractivity contribution in [3.05, 3.63) is 35.9 Å². The zero-order valence-corrected chi connectivity index (χ0v) is 13.8. The molecular weight excluding hydrogens is 294 g/mol. The Morgan fingerprint density at radius 3 is 2.52 bits per heavy atom. The van der Waals surface area contributed by atoms with Crippen molar-refractivity contribution in [2.24, 2.45) is 0 Å². The molecule has 1 aliphatic rings. The Morgan fingerprint density at radius 2 is 1.87 bits per heavy atom. The third-order valence-corrected chi connectivity index (χ3v) is 4.08. The molecule has 1 saturated heterocycles. The molecule has 0 radical (unpaired) electrons. The van der Waals surface area contributed by atoms with Gasteiger partial charge < -0.3 is 15.2 Å². The van der Waals surface area contributed by atoms with Crippen LogP contribution in [0.5, 0.6) is 0 Å². The van der Waals surface area contributed by atoms with Crippen LogP contribution in [0.25, 0.3) is 0 Å². The van der Waals surface area contributed by atoms with E-state index in [4.69, 9.17) is 4.74 Å². The molecule has 1 amide bonds. The van der Waals surface area contributed by atoms with Gasteiger partial charge in [0.25, 0.3) is 0 Å². The molecule has 0 saturated carbocycles. The molecule has 6 heteroatoms. The number of carbonyl (C=O) groups excluding carboxylic acids is 1. The summed E-state index contributed by atoms with van der Waals surface area (Å²) in [4.78, 5) is 16.2. The monoisotopic (exact) mass is 321 g/mol. The van der Waals surface area contributed by atoms with Crippen LogP contribution in [0.1, 0.15) is 11.7 Å². The molecule has 0 unspecified atom stereocenters. The number of methoxy groups -OCH3 is 1. The second-order valence-corrected chi connectivity index (χ2v) is 5.85. The summed E-state index contributed by atoms with van der Waals surface area (Å²) in [6.45, 7) is 5.59. The summed E-state index contributed by atoms with van der Waals surface area (Å²) < 4.78 is 4.91. The van der Waals surface area contributed by atoms with Gasteiger partial charge in [0.05, 0.1) is 19.3 Å². The maximum Gasteiger partial charge on any atom is 0.234 e. The first-order valence-electron chi connectivity index (χ1n) is 8.12. The first kappa shape index (κ1) is 17.9. The van der Waals surface area contributed by atoms with Crippen molar-refractivity contribution in [2.75, 3.05) is 59.5 Å². The maximum atomic E-state index is 11.8. The topological polar surface area (TPSA) is 65.0 Å². The van der Waals surface area contributed by atoms with Crippen molar-refractivity contribution in [3.63, 3.8) is 0 Å². The van der Waals surface area contributed by atoms with Gasteiger partial charge in [0, 0.05) is 46.4 Å². The van der Waals surface area contributed by atoms with Crippen LogP contribution in [-0.4, -0.2) is 80.3 Å². The van der Waals surface area contributed by atoms with Crippen molar-refractivity contribution in [3.8, 4) is 0 Å². The van der Waals surface area contributed by atoms with Gasteiger partial charge in [-0.15, -0.1) is 0 Å². The van der Waals surface area contributed by atoms with Gasteiger partial charge in [0.2, 0.25) is 5.91 Å². The first-order valence-corrected chi connectivity index (χ1v) is 8.12. The molecule has 1 aromatic rings. The Labute approximate surface area is 138 Å². The van der Waals surface area contributed by atoms with E-state index < -0.39 is 6.10 Å². The zero-order valence-electron chi connectivity index (χ0n) is 13.8. The molecular formula is C17H27N3O3. The lowest BCUT2D eigenvalue weighted by atomic mass is 10.1. The molecule has 0 aliphatic carbocycles.